The average Bonchev–Trinajstić information content (AvgIpc) is 2.61. The number of benzene rings is 1. The monoisotopic (exact) mass is 236 g/mol. The second kappa shape index (κ2) is 5.77. The van der Waals surface area contributed by atoms with Crippen molar-refractivity contribution in [1.82, 2.24) is 5.32 Å². The number of hydrogen-bond donors (Lipinski definition) is 2. The molecule has 17 heavy (non-hydrogen) atoms. The molecular formula is C13H17FN2O. The molecule has 1 atom stereocenters. The molecule has 1 aliphatic rings. The minimum absolute atomic E-state index is 0.0292. The number of nitrogens with one attached hydrogen (secondary N) is 2. The summed E-state index contributed by atoms with van der Waals surface area (Å²) in [4.78, 5) is 11.9. The molecule has 1 saturated heterocycles. The number of carbonyl (C=O) groups excluding carboxylic acids is 1. The van der Waals surface area contributed by atoms with Crippen LogP contribution in [0.2, 0.25) is 0 Å². The van der Waals surface area contributed by atoms with Crippen LogP contribution in [0.4, 0.5) is 10.1 Å². The number of rotatable bonds is 2. The zero-order valence-electron chi connectivity index (χ0n) is 9.71. The van der Waals surface area contributed by atoms with Gasteiger partial charge in [0.15, 0.2) is 0 Å². The van der Waals surface area contributed by atoms with Crippen LogP contribution in [0.1, 0.15) is 25.7 Å². The van der Waals surface area contributed by atoms with E-state index < -0.39 is 0 Å². The highest BCUT2D eigenvalue weighted by molar-refractivity contribution is 5.94. The highest BCUT2D eigenvalue weighted by Crippen LogP contribution is 2.12. The summed E-state index contributed by atoms with van der Waals surface area (Å²) in [6.45, 7) is 0.890. The van der Waals surface area contributed by atoms with Crippen molar-refractivity contribution in [2.24, 2.45) is 0 Å². The van der Waals surface area contributed by atoms with Crippen molar-refractivity contribution in [3.63, 3.8) is 0 Å². The van der Waals surface area contributed by atoms with Crippen LogP contribution in [0, 0.1) is 5.82 Å². The molecule has 1 aromatic carbocycles. The Bertz CT molecular complexity index is 370. The standard InChI is InChI=1S/C13H17FN2O/c14-10-5-7-11(8-6-10)16-13(17)12-4-2-1-3-9-15-12/h5-8,12,15H,1-4,9H2,(H,16,17)/t12-/m1/s1. The SMILES string of the molecule is O=C(Nc1ccc(F)cc1)[C@H]1CCCCCN1. The molecule has 2 rings (SSSR count). The van der Waals surface area contributed by atoms with E-state index in [2.05, 4.69) is 10.6 Å². The maximum Gasteiger partial charge on any atom is 0.241 e. The highest BCUT2D eigenvalue weighted by Gasteiger charge is 2.19. The van der Waals surface area contributed by atoms with Crippen LogP contribution >= 0.6 is 0 Å². The first-order valence-corrected chi connectivity index (χ1v) is 6.05. The number of hydrogen-bond acceptors (Lipinski definition) is 2. The third kappa shape index (κ3) is 3.53. The number of amides is 1. The van der Waals surface area contributed by atoms with E-state index >= 15 is 0 Å². The smallest absolute Gasteiger partial charge is 0.241 e. The van der Waals surface area contributed by atoms with Crippen molar-refractivity contribution in [3.8, 4) is 0 Å². The van der Waals surface area contributed by atoms with Gasteiger partial charge >= 0.3 is 0 Å². The molecule has 1 amide bonds. The van der Waals surface area contributed by atoms with Gasteiger partial charge in [0.05, 0.1) is 6.04 Å². The summed E-state index contributed by atoms with van der Waals surface area (Å²) in [5, 5.41) is 6.03. The van der Waals surface area contributed by atoms with Crippen LogP contribution in [0.25, 0.3) is 0 Å². The minimum Gasteiger partial charge on any atom is -0.325 e. The van der Waals surface area contributed by atoms with E-state index in [1.165, 1.54) is 18.6 Å². The predicted molar refractivity (Wildman–Crippen MR) is 65.3 cm³/mol. The molecule has 0 unspecified atom stereocenters. The van der Waals surface area contributed by atoms with Gasteiger partial charge in [-0.25, -0.2) is 4.39 Å². The van der Waals surface area contributed by atoms with Crippen molar-refractivity contribution in [2.45, 2.75) is 31.7 Å². The maximum atomic E-state index is 12.7. The van der Waals surface area contributed by atoms with E-state index in [0.717, 1.165) is 25.8 Å². The van der Waals surface area contributed by atoms with Crippen LogP contribution in [0.5, 0.6) is 0 Å². The fourth-order valence-corrected chi connectivity index (χ4v) is 2.01. The van der Waals surface area contributed by atoms with Gasteiger partial charge in [-0.1, -0.05) is 12.8 Å². The molecule has 4 heteroatoms. The summed E-state index contributed by atoms with van der Waals surface area (Å²) in [6, 6.07) is 5.71. The van der Waals surface area contributed by atoms with Gasteiger partial charge in [-0.2, -0.15) is 0 Å². The first-order valence-electron chi connectivity index (χ1n) is 6.05. The lowest BCUT2D eigenvalue weighted by Gasteiger charge is -2.15. The Morgan fingerprint density at radius 3 is 2.76 bits per heavy atom. The molecule has 3 nitrogen and oxygen atoms in total. The lowest BCUT2D eigenvalue weighted by Crippen LogP contribution is -2.39. The number of carbonyl (C=O) groups is 1. The quantitative estimate of drug-likeness (QED) is 0.827. The lowest BCUT2D eigenvalue weighted by atomic mass is 10.1. The molecular weight excluding hydrogens is 219 g/mol. The second-order valence-electron chi connectivity index (χ2n) is 4.35. The van der Waals surface area contributed by atoms with Gasteiger partial charge in [0.25, 0.3) is 0 Å². The Morgan fingerprint density at radius 2 is 2.00 bits per heavy atom. The highest BCUT2D eigenvalue weighted by atomic mass is 19.1. The fraction of sp³-hybridized carbons (Fsp3) is 0.462. The Hall–Kier alpha value is -1.42. The van der Waals surface area contributed by atoms with Gasteiger partial charge in [-0.05, 0) is 43.7 Å². The number of anilines is 1. The van der Waals surface area contributed by atoms with E-state index in [9.17, 15) is 9.18 Å². The summed E-state index contributed by atoms with van der Waals surface area (Å²) in [6.07, 6.45) is 4.25. The summed E-state index contributed by atoms with van der Waals surface area (Å²) in [5.74, 6) is -0.325. The van der Waals surface area contributed by atoms with Crippen molar-refractivity contribution >= 4 is 11.6 Å². The molecule has 0 bridgehead atoms. The van der Waals surface area contributed by atoms with Crippen LogP contribution in [0.3, 0.4) is 0 Å². The van der Waals surface area contributed by atoms with Gasteiger partial charge in [-0.3, -0.25) is 4.79 Å². The second-order valence-corrected chi connectivity index (χ2v) is 4.35. The van der Waals surface area contributed by atoms with Gasteiger partial charge < -0.3 is 10.6 Å². The molecule has 0 radical (unpaired) electrons. The minimum atomic E-state index is -0.296. The van der Waals surface area contributed by atoms with Crippen LogP contribution in [-0.4, -0.2) is 18.5 Å². The summed E-state index contributed by atoms with van der Waals surface area (Å²) >= 11 is 0. The Labute approximate surface area is 100 Å². The van der Waals surface area contributed by atoms with E-state index in [4.69, 9.17) is 0 Å². The lowest BCUT2D eigenvalue weighted by molar-refractivity contribution is -0.118. The zero-order chi connectivity index (χ0) is 12.1. The van der Waals surface area contributed by atoms with Crippen molar-refractivity contribution in [3.05, 3.63) is 30.1 Å². The maximum absolute atomic E-state index is 12.7. The molecule has 1 aromatic rings. The average molecular weight is 236 g/mol. The molecule has 2 N–H and O–H groups in total. The molecule has 92 valence electrons. The third-order valence-corrected chi connectivity index (χ3v) is 2.99. The van der Waals surface area contributed by atoms with Gasteiger partial charge in [0, 0.05) is 5.69 Å². The largest absolute Gasteiger partial charge is 0.325 e. The summed E-state index contributed by atoms with van der Waals surface area (Å²) in [5.41, 5.74) is 0.641. The van der Waals surface area contributed by atoms with Crippen molar-refractivity contribution in [2.75, 3.05) is 11.9 Å². The molecule has 1 heterocycles. The molecule has 0 saturated carbocycles. The van der Waals surface area contributed by atoms with Crippen molar-refractivity contribution < 1.29 is 9.18 Å². The molecule has 0 spiro atoms. The summed E-state index contributed by atoms with van der Waals surface area (Å²) in [7, 11) is 0. The first-order chi connectivity index (χ1) is 8.25. The zero-order valence-corrected chi connectivity index (χ0v) is 9.71. The van der Waals surface area contributed by atoms with Gasteiger partial charge in [0.2, 0.25) is 5.91 Å². The fourth-order valence-electron chi connectivity index (χ4n) is 2.01. The normalized spacial score (nSPS) is 20.6. The third-order valence-electron chi connectivity index (χ3n) is 2.99. The Morgan fingerprint density at radius 1 is 1.24 bits per heavy atom. The van der Waals surface area contributed by atoms with E-state index in [1.54, 1.807) is 12.1 Å². The van der Waals surface area contributed by atoms with Crippen LogP contribution in [0.15, 0.2) is 24.3 Å². The van der Waals surface area contributed by atoms with Crippen LogP contribution < -0.4 is 10.6 Å². The predicted octanol–water partition coefficient (Wildman–Crippen LogP) is 2.30. The van der Waals surface area contributed by atoms with Gasteiger partial charge in [-0.15, -0.1) is 0 Å². The molecule has 0 aliphatic carbocycles. The number of halogens is 1. The van der Waals surface area contributed by atoms with E-state index in [-0.39, 0.29) is 17.8 Å². The Balaban J connectivity index is 1.93. The topological polar surface area (TPSA) is 41.1 Å². The molecule has 1 aliphatic heterocycles. The summed E-state index contributed by atoms with van der Waals surface area (Å²) < 4.78 is 12.7. The molecule has 1 fully saturated rings. The van der Waals surface area contributed by atoms with Gasteiger partial charge in [0.1, 0.15) is 5.82 Å². The van der Waals surface area contributed by atoms with Crippen LogP contribution in [-0.2, 0) is 4.79 Å². The Kier molecular flexibility index (Phi) is 4.09. The van der Waals surface area contributed by atoms with Crippen molar-refractivity contribution in [1.29, 1.82) is 0 Å². The van der Waals surface area contributed by atoms with E-state index in [1.807, 2.05) is 0 Å². The molecule has 0 aromatic heterocycles. The van der Waals surface area contributed by atoms with E-state index in [0.29, 0.717) is 5.69 Å². The first kappa shape index (κ1) is 12.0.